The third-order valence-corrected chi connectivity index (χ3v) is 3.82. The van der Waals surface area contributed by atoms with Crippen molar-refractivity contribution in [3.63, 3.8) is 0 Å². The Labute approximate surface area is 152 Å². The van der Waals surface area contributed by atoms with Crippen LogP contribution in [0.4, 0.5) is 18.9 Å². The Kier molecular flexibility index (Phi) is 4.79. The second-order valence-corrected chi connectivity index (χ2v) is 6.20. The zero-order valence-electron chi connectivity index (χ0n) is 14.5. The molecule has 140 valence electrons. The summed E-state index contributed by atoms with van der Waals surface area (Å²) in [7, 11) is 3.72. The maximum atomic E-state index is 12.8. The molecule has 9 heteroatoms. The molecule has 0 radical (unpaired) electrons. The Morgan fingerprint density at radius 1 is 1.22 bits per heavy atom. The van der Waals surface area contributed by atoms with Gasteiger partial charge in [-0.05, 0) is 31.8 Å². The quantitative estimate of drug-likeness (QED) is 0.709. The molecule has 6 nitrogen and oxygen atoms in total. The molecule has 0 unspecified atom stereocenters. The first-order valence-electron chi connectivity index (χ1n) is 7.92. The van der Waals surface area contributed by atoms with E-state index in [-0.39, 0.29) is 22.7 Å². The van der Waals surface area contributed by atoms with Gasteiger partial charge in [0.15, 0.2) is 0 Å². The standard InChI is InChI=1S/C18H15F3N4O2/c1-25(2)7-3-4-14(26)23-10-5-6-11-12(8-10)16(27)15-13(11)9-22-17(24-15)18(19,20)21/h3-6,8-9H,7H2,1-2H3,(H,23,26)/b4-3+. The van der Waals surface area contributed by atoms with Crippen molar-refractivity contribution in [1.29, 1.82) is 0 Å². The van der Waals surface area contributed by atoms with Gasteiger partial charge in [0.2, 0.25) is 17.5 Å². The number of alkyl halides is 3. The van der Waals surface area contributed by atoms with Crippen LogP contribution in [0.15, 0.2) is 36.5 Å². The molecule has 1 N–H and O–H groups in total. The lowest BCUT2D eigenvalue weighted by Gasteiger charge is -2.06. The summed E-state index contributed by atoms with van der Waals surface area (Å²) in [6.45, 7) is 0.589. The molecule has 0 saturated heterocycles. The highest BCUT2D eigenvalue weighted by Gasteiger charge is 2.38. The van der Waals surface area contributed by atoms with Crippen LogP contribution in [0, 0.1) is 0 Å². The molecule has 1 aromatic carbocycles. The SMILES string of the molecule is CN(C)C/C=C/C(=O)Nc1ccc2c(c1)C(=O)c1nc(C(F)(F)F)ncc1-2. The Bertz CT molecular complexity index is 952. The van der Waals surface area contributed by atoms with E-state index in [1.807, 2.05) is 19.0 Å². The maximum Gasteiger partial charge on any atom is 0.451 e. The number of anilines is 1. The predicted octanol–water partition coefficient (Wildman–Crippen LogP) is 2.76. The number of aromatic nitrogens is 2. The summed E-state index contributed by atoms with van der Waals surface area (Å²) < 4.78 is 38.3. The van der Waals surface area contributed by atoms with Gasteiger partial charge in [0.1, 0.15) is 5.69 Å². The number of hydrogen-bond donors (Lipinski definition) is 1. The number of hydrogen-bond acceptors (Lipinski definition) is 5. The molecule has 1 heterocycles. The van der Waals surface area contributed by atoms with E-state index in [0.29, 0.717) is 17.8 Å². The number of carbonyl (C=O) groups excluding carboxylic acids is 2. The van der Waals surface area contributed by atoms with Gasteiger partial charge in [-0.2, -0.15) is 13.2 Å². The highest BCUT2D eigenvalue weighted by Crippen LogP contribution is 2.38. The van der Waals surface area contributed by atoms with Gasteiger partial charge in [-0.15, -0.1) is 0 Å². The first-order valence-corrected chi connectivity index (χ1v) is 7.92. The summed E-state index contributed by atoms with van der Waals surface area (Å²) in [5, 5.41) is 2.62. The predicted molar refractivity (Wildman–Crippen MR) is 92.2 cm³/mol. The Hall–Kier alpha value is -3.07. The molecule has 1 aliphatic carbocycles. The van der Waals surface area contributed by atoms with Gasteiger partial charge >= 0.3 is 6.18 Å². The number of nitrogens with zero attached hydrogens (tertiary/aromatic N) is 3. The number of nitrogens with one attached hydrogen (secondary N) is 1. The molecule has 0 bridgehead atoms. The minimum atomic E-state index is -4.73. The van der Waals surface area contributed by atoms with Crippen LogP contribution in [-0.2, 0) is 11.0 Å². The normalized spacial score (nSPS) is 13.2. The largest absolute Gasteiger partial charge is 0.451 e. The van der Waals surface area contributed by atoms with Gasteiger partial charge in [-0.25, -0.2) is 9.97 Å². The Balaban J connectivity index is 1.84. The topological polar surface area (TPSA) is 75.2 Å². The summed E-state index contributed by atoms with van der Waals surface area (Å²) in [6.07, 6.45) is -0.692. The van der Waals surface area contributed by atoms with Crippen molar-refractivity contribution in [3.05, 3.63) is 53.6 Å². The number of amides is 1. The van der Waals surface area contributed by atoms with Gasteiger partial charge in [0, 0.05) is 35.6 Å². The van der Waals surface area contributed by atoms with Crippen molar-refractivity contribution in [2.45, 2.75) is 6.18 Å². The van der Waals surface area contributed by atoms with E-state index < -0.39 is 17.8 Å². The molecule has 0 spiro atoms. The summed E-state index contributed by atoms with van der Waals surface area (Å²) in [5.41, 5.74) is 0.922. The lowest BCUT2D eigenvalue weighted by Crippen LogP contribution is -2.13. The summed E-state index contributed by atoms with van der Waals surface area (Å²) in [4.78, 5) is 32.9. The number of likely N-dealkylation sites (N-methyl/N-ethyl adjacent to an activating group) is 1. The number of fused-ring (bicyclic) bond motifs is 3. The fraction of sp³-hybridized carbons (Fsp3) is 0.222. The first kappa shape index (κ1) is 18.7. The van der Waals surface area contributed by atoms with Crippen LogP contribution in [0.1, 0.15) is 21.9 Å². The molecule has 1 amide bonds. The molecule has 27 heavy (non-hydrogen) atoms. The fourth-order valence-electron chi connectivity index (χ4n) is 2.62. The van der Waals surface area contributed by atoms with E-state index in [9.17, 15) is 22.8 Å². The summed E-state index contributed by atoms with van der Waals surface area (Å²) >= 11 is 0. The highest BCUT2D eigenvalue weighted by atomic mass is 19.4. The van der Waals surface area contributed by atoms with Gasteiger partial charge in [0.05, 0.1) is 0 Å². The molecule has 0 fully saturated rings. The third-order valence-electron chi connectivity index (χ3n) is 3.82. The van der Waals surface area contributed by atoms with Crippen LogP contribution in [0.2, 0.25) is 0 Å². The summed E-state index contributed by atoms with van der Waals surface area (Å²) in [5.74, 6) is -2.37. The van der Waals surface area contributed by atoms with E-state index in [0.717, 1.165) is 6.20 Å². The van der Waals surface area contributed by atoms with Crippen molar-refractivity contribution >= 4 is 17.4 Å². The van der Waals surface area contributed by atoms with Gasteiger partial charge in [-0.3, -0.25) is 9.59 Å². The lowest BCUT2D eigenvalue weighted by atomic mass is 10.1. The highest BCUT2D eigenvalue weighted by molar-refractivity contribution is 6.21. The van der Waals surface area contributed by atoms with E-state index in [2.05, 4.69) is 15.3 Å². The number of ketones is 1. The van der Waals surface area contributed by atoms with E-state index >= 15 is 0 Å². The first-order chi connectivity index (χ1) is 12.7. The average Bonchev–Trinajstić information content (AvgIpc) is 2.86. The van der Waals surface area contributed by atoms with E-state index in [1.165, 1.54) is 12.1 Å². The van der Waals surface area contributed by atoms with Crippen LogP contribution in [0.25, 0.3) is 11.1 Å². The van der Waals surface area contributed by atoms with Crippen molar-refractivity contribution in [3.8, 4) is 11.1 Å². The molecular formula is C18H15F3N4O2. The monoisotopic (exact) mass is 376 g/mol. The smallest absolute Gasteiger partial charge is 0.322 e. The molecule has 0 aliphatic heterocycles. The number of carbonyl (C=O) groups is 2. The number of rotatable bonds is 4. The van der Waals surface area contributed by atoms with Gasteiger partial charge < -0.3 is 10.2 Å². The van der Waals surface area contributed by atoms with E-state index in [1.54, 1.807) is 18.2 Å². The van der Waals surface area contributed by atoms with Crippen LogP contribution in [-0.4, -0.2) is 47.2 Å². The second-order valence-electron chi connectivity index (χ2n) is 6.20. The van der Waals surface area contributed by atoms with Crippen LogP contribution in [0.5, 0.6) is 0 Å². The van der Waals surface area contributed by atoms with Crippen molar-refractivity contribution in [2.24, 2.45) is 0 Å². The van der Waals surface area contributed by atoms with Gasteiger partial charge in [-0.1, -0.05) is 12.1 Å². The number of halogens is 3. The third kappa shape index (κ3) is 3.87. The number of benzene rings is 1. The molecule has 2 aromatic rings. The van der Waals surface area contributed by atoms with E-state index in [4.69, 9.17) is 0 Å². The molecule has 0 saturated carbocycles. The Morgan fingerprint density at radius 2 is 1.96 bits per heavy atom. The van der Waals surface area contributed by atoms with Crippen molar-refractivity contribution in [2.75, 3.05) is 26.0 Å². The minimum absolute atomic E-state index is 0.175. The molecular weight excluding hydrogens is 361 g/mol. The Morgan fingerprint density at radius 3 is 2.63 bits per heavy atom. The molecule has 0 atom stereocenters. The average molecular weight is 376 g/mol. The zero-order valence-corrected chi connectivity index (χ0v) is 14.5. The summed E-state index contributed by atoms with van der Waals surface area (Å²) in [6, 6.07) is 4.54. The second kappa shape index (κ2) is 6.92. The van der Waals surface area contributed by atoms with Crippen LogP contribution < -0.4 is 5.32 Å². The lowest BCUT2D eigenvalue weighted by molar-refractivity contribution is -0.145. The van der Waals surface area contributed by atoms with Crippen molar-refractivity contribution in [1.82, 2.24) is 14.9 Å². The van der Waals surface area contributed by atoms with Crippen LogP contribution in [0.3, 0.4) is 0 Å². The van der Waals surface area contributed by atoms with Crippen LogP contribution >= 0.6 is 0 Å². The zero-order chi connectivity index (χ0) is 19.8. The molecule has 3 rings (SSSR count). The fourth-order valence-corrected chi connectivity index (χ4v) is 2.62. The van der Waals surface area contributed by atoms with Gasteiger partial charge in [0.25, 0.3) is 0 Å². The molecule has 1 aromatic heterocycles. The minimum Gasteiger partial charge on any atom is -0.322 e. The van der Waals surface area contributed by atoms with Crippen molar-refractivity contribution < 1.29 is 22.8 Å². The maximum absolute atomic E-state index is 12.8. The molecule has 1 aliphatic rings.